The van der Waals surface area contributed by atoms with Crippen molar-refractivity contribution in [2.45, 2.75) is 73.0 Å². The number of hydrogen-bond donors (Lipinski definition) is 0. The molecule has 0 spiro atoms. The van der Waals surface area contributed by atoms with Crippen molar-refractivity contribution in [1.29, 1.82) is 0 Å². The van der Waals surface area contributed by atoms with Gasteiger partial charge in [0.15, 0.2) is 5.65 Å². The molecule has 0 fully saturated rings. The second-order valence-corrected chi connectivity index (χ2v) is 21.9. The van der Waals surface area contributed by atoms with Gasteiger partial charge in [0.2, 0.25) is 0 Å². The zero-order valence-electron chi connectivity index (χ0n) is 35.3. The molecule has 0 bridgehead atoms. The maximum Gasteiger partial charge on any atom is 0.168 e. The summed E-state index contributed by atoms with van der Waals surface area (Å²) in [4.78, 5) is 14.6. The molecule has 1 radical (unpaired) electrons. The van der Waals surface area contributed by atoms with Crippen molar-refractivity contribution in [3.63, 3.8) is 0 Å². The van der Waals surface area contributed by atoms with E-state index in [9.17, 15) is 0 Å². The molecule has 59 heavy (non-hydrogen) atoms. The minimum Gasteiger partial charge on any atom is -0.501 e. The van der Waals surface area contributed by atoms with Crippen LogP contribution in [0.2, 0.25) is 19.6 Å². The third kappa shape index (κ3) is 8.25. The smallest absolute Gasteiger partial charge is 0.168 e. The van der Waals surface area contributed by atoms with Gasteiger partial charge >= 0.3 is 0 Å². The molecule has 9 rings (SSSR count). The minimum atomic E-state index is -1.27. The summed E-state index contributed by atoms with van der Waals surface area (Å²) in [6, 6.07) is 48.7. The van der Waals surface area contributed by atoms with E-state index in [1.54, 1.807) is 0 Å². The maximum atomic E-state index is 6.48. The number of imidazole rings is 1. The van der Waals surface area contributed by atoms with Gasteiger partial charge in [-0.05, 0) is 89.1 Å². The van der Waals surface area contributed by atoms with E-state index in [1.807, 2.05) is 49.4 Å². The molecule has 5 nitrogen and oxygen atoms in total. The quantitative estimate of drug-likeness (QED) is 0.118. The predicted octanol–water partition coefficient (Wildman–Crippen LogP) is 13.4. The molecule has 0 aliphatic heterocycles. The normalized spacial score (nSPS) is 11.6. The van der Waals surface area contributed by atoms with Gasteiger partial charge in [-0.2, -0.15) is 0 Å². The van der Waals surface area contributed by atoms with Crippen LogP contribution in [0.5, 0.6) is 0 Å². The van der Waals surface area contributed by atoms with Gasteiger partial charge in [0, 0.05) is 43.1 Å². The van der Waals surface area contributed by atoms with E-state index in [0.29, 0.717) is 0 Å². The summed E-state index contributed by atoms with van der Waals surface area (Å²) in [5, 5.41) is 3.59. The van der Waals surface area contributed by atoms with Crippen LogP contribution < -0.4 is 5.19 Å². The van der Waals surface area contributed by atoms with Crippen molar-refractivity contribution < 1.29 is 24.5 Å². The molecule has 0 unspecified atom stereocenters. The molecule has 299 valence electrons. The van der Waals surface area contributed by atoms with Crippen molar-refractivity contribution in [3.05, 3.63) is 162 Å². The maximum absolute atomic E-state index is 6.48. The van der Waals surface area contributed by atoms with Crippen LogP contribution in [-0.2, 0) is 20.1 Å². The molecular formula is C52H50IrN4OSi-2. The van der Waals surface area contributed by atoms with Crippen molar-refractivity contribution in [2.24, 2.45) is 0 Å². The van der Waals surface area contributed by atoms with Gasteiger partial charge in [-0.1, -0.05) is 118 Å². The average molecular weight is 967 g/mol. The van der Waals surface area contributed by atoms with E-state index in [-0.39, 0.29) is 31.9 Å². The fraction of sp³-hybridized carbons (Fsp3) is 0.212. The molecule has 7 heteroatoms. The first kappa shape index (κ1) is 41.7. The van der Waals surface area contributed by atoms with Gasteiger partial charge in [0.1, 0.15) is 5.58 Å². The van der Waals surface area contributed by atoms with Gasteiger partial charge in [-0.25, -0.2) is 4.98 Å². The van der Waals surface area contributed by atoms with Gasteiger partial charge < -0.3 is 14.0 Å². The molecule has 0 atom stereocenters. The standard InChI is InChI=1S/C37H32N3O.C15H18NSi.Ir/c1-22(2)30-20-26(25-12-7-6-8-13-25)21-31(23(3)4)34(30)40-32-19-18-24(5)38-36(32)39-37(40)29-16-11-15-28-27-14-9-10-17-33(27)41-35(28)29;1-12-10-14(13-8-6-5-7-9-13)16-11-15(12)17(2,3)4;/h6-15,17-23H,1-5H3;5-8,10-11H,1-4H3;/q2*-1;. The molecule has 9 aromatic rings. The molecule has 0 saturated carbocycles. The number of para-hydroxylation sites is 1. The first-order chi connectivity index (χ1) is 27.9. The number of rotatable bonds is 7. The Morgan fingerprint density at radius 3 is 2.03 bits per heavy atom. The Labute approximate surface area is 363 Å². The largest absolute Gasteiger partial charge is 0.501 e. The molecule has 4 heterocycles. The van der Waals surface area contributed by atoms with Crippen LogP contribution in [-0.4, -0.2) is 27.6 Å². The van der Waals surface area contributed by atoms with E-state index >= 15 is 0 Å². The van der Waals surface area contributed by atoms with E-state index in [4.69, 9.17) is 14.4 Å². The molecule has 5 aromatic carbocycles. The second-order valence-electron chi connectivity index (χ2n) is 16.8. The van der Waals surface area contributed by atoms with Crippen molar-refractivity contribution in [2.75, 3.05) is 0 Å². The predicted molar refractivity (Wildman–Crippen MR) is 245 cm³/mol. The van der Waals surface area contributed by atoms with E-state index in [2.05, 4.69) is 161 Å². The number of pyridine rings is 2. The number of benzene rings is 5. The van der Waals surface area contributed by atoms with E-state index in [1.165, 1.54) is 38.7 Å². The Morgan fingerprint density at radius 1 is 0.678 bits per heavy atom. The number of aryl methyl sites for hydroxylation is 2. The minimum absolute atomic E-state index is 0. The molecule has 0 N–H and O–H groups in total. The first-order valence-electron chi connectivity index (χ1n) is 20.2. The summed E-state index contributed by atoms with van der Waals surface area (Å²) >= 11 is 0. The average Bonchev–Trinajstić information content (AvgIpc) is 3.79. The molecular weight excluding hydrogens is 917 g/mol. The SMILES string of the molecule is Cc1cc(-c2[c-]cccc2)ncc1[Si](C)(C)C.Cc1ccc2c(n1)nc(-c1[c-]ccc3c1oc1ccccc13)n2-c1c(C(C)C)cc(-c2ccccc2)cc1C(C)C.[Ir]. The third-order valence-corrected chi connectivity index (χ3v) is 13.0. The van der Waals surface area contributed by atoms with Crippen molar-refractivity contribution in [1.82, 2.24) is 19.5 Å². The summed E-state index contributed by atoms with van der Waals surface area (Å²) in [5.41, 5.74) is 14.7. The van der Waals surface area contributed by atoms with Crippen LogP contribution in [0, 0.1) is 26.0 Å². The summed E-state index contributed by atoms with van der Waals surface area (Å²) in [5.74, 6) is 1.35. The summed E-state index contributed by atoms with van der Waals surface area (Å²) < 4.78 is 8.78. The first-order valence-corrected chi connectivity index (χ1v) is 23.7. The molecule has 0 aliphatic rings. The van der Waals surface area contributed by atoms with E-state index < -0.39 is 8.07 Å². The number of aromatic nitrogens is 4. The topological polar surface area (TPSA) is 56.7 Å². The van der Waals surface area contributed by atoms with Crippen molar-refractivity contribution >= 4 is 46.4 Å². The number of nitrogens with zero attached hydrogens (tertiary/aromatic N) is 4. The van der Waals surface area contributed by atoms with Crippen LogP contribution in [0.15, 0.2) is 132 Å². The fourth-order valence-electron chi connectivity index (χ4n) is 7.96. The fourth-order valence-corrected chi connectivity index (χ4v) is 9.67. The number of hydrogen-bond acceptors (Lipinski definition) is 4. The summed E-state index contributed by atoms with van der Waals surface area (Å²) in [6.45, 7) is 20.3. The van der Waals surface area contributed by atoms with Crippen molar-refractivity contribution in [3.8, 4) is 39.5 Å². The third-order valence-electron chi connectivity index (χ3n) is 10.9. The summed E-state index contributed by atoms with van der Waals surface area (Å²) in [7, 11) is -1.27. The van der Waals surface area contributed by atoms with Gasteiger partial charge in [0.25, 0.3) is 0 Å². The van der Waals surface area contributed by atoms with Gasteiger partial charge in [-0.15, -0.1) is 54.1 Å². The van der Waals surface area contributed by atoms with Crippen LogP contribution in [0.25, 0.3) is 72.6 Å². The molecule has 0 aliphatic carbocycles. The van der Waals surface area contributed by atoms with Crippen LogP contribution in [0.1, 0.15) is 61.9 Å². The monoisotopic (exact) mass is 967 g/mol. The Balaban J connectivity index is 0.000000247. The number of furan rings is 1. The van der Waals surface area contributed by atoms with Gasteiger partial charge in [-0.3, -0.25) is 4.98 Å². The Bertz CT molecular complexity index is 2880. The second kappa shape index (κ2) is 17.0. The molecule has 4 aromatic heterocycles. The Hall–Kier alpha value is -5.46. The molecule has 0 saturated heterocycles. The molecule has 0 amide bonds. The van der Waals surface area contributed by atoms with Crippen LogP contribution >= 0.6 is 0 Å². The summed E-state index contributed by atoms with van der Waals surface area (Å²) in [6.07, 6.45) is 2.05. The Morgan fingerprint density at radius 2 is 1.37 bits per heavy atom. The Kier molecular flexibility index (Phi) is 12.0. The zero-order valence-corrected chi connectivity index (χ0v) is 38.7. The van der Waals surface area contributed by atoms with E-state index in [0.717, 1.165) is 61.4 Å². The zero-order chi connectivity index (χ0) is 40.7. The van der Waals surface area contributed by atoms with Gasteiger partial charge in [0.05, 0.1) is 25.0 Å². The van der Waals surface area contributed by atoms with Crippen LogP contribution in [0.4, 0.5) is 0 Å². The number of fused-ring (bicyclic) bond motifs is 4. The van der Waals surface area contributed by atoms with Crippen LogP contribution in [0.3, 0.4) is 0 Å².